The van der Waals surface area contributed by atoms with Gasteiger partial charge in [-0.05, 0) is 20.8 Å². The predicted octanol–water partition coefficient (Wildman–Crippen LogP) is 0.734. The number of hydrogen-bond acceptors (Lipinski definition) is 6. The Morgan fingerprint density at radius 2 is 2.05 bits per heavy atom. The predicted molar refractivity (Wildman–Crippen MR) is 77.2 cm³/mol. The molecule has 8 heteroatoms. The van der Waals surface area contributed by atoms with Crippen LogP contribution in [-0.2, 0) is 4.74 Å². The Hall–Kier alpha value is -2.35. The molecular formula is C14H18N6O2. The van der Waals surface area contributed by atoms with E-state index in [2.05, 4.69) is 25.1 Å². The molecule has 0 spiro atoms. The van der Waals surface area contributed by atoms with E-state index >= 15 is 0 Å². The van der Waals surface area contributed by atoms with Crippen LogP contribution in [0.25, 0.3) is 0 Å². The van der Waals surface area contributed by atoms with E-state index in [-0.39, 0.29) is 11.9 Å². The highest BCUT2D eigenvalue weighted by Gasteiger charge is 2.32. The van der Waals surface area contributed by atoms with E-state index in [4.69, 9.17) is 4.74 Å². The number of ether oxygens (including phenoxy) is 1. The molecule has 0 aromatic carbocycles. The van der Waals surface area contributed by atoms with Crippen molar-refractivity contribution in [2.24, 2.45) is 0 Å². The lowest BCUT2D eigenvalue weighted by atomic mass is 10.1. The van der Waals surface area contributed by atoms with E-state index in [0.29, 0.717) is 37.0 Å². The molecule has 116 valence electrons. The number of nitrogens with zero attached hydrogens (tertiary/aromatic N) is 5. The molecule has 1 amide bonds. The van der Waals surface area contributed by atoms with Crippen molar-refractivity contribution in [2.45, 2.75) is 26.8 Å². The van der Waals surface area contributed by atoms with E-state index in [1.807, 2.05) is 13.8 Å². The quantitative estimate of drug-likeness (QED) is 0.878. The van der Waals surface area contributed by atoms with Gasteiger partial charge in [-0.2, -0.15) is 5.10 Å². The van der Waals surface area contributed by atoms with Crippen molar-refractivity contribution in [3.05, 3.63) is 34.9 Å². The molecule has 1 N–H and O–H groups in total. The van der Waals surface area contributed by atoms with Gasteiger partial charge in [0, 0.05) is 6.54 Å². The summed E-state index contributed by atoms with van der Waals surface area (Å²) in [6.45, 7) is 6.90. The summed E-state index contributed by atoms with van der Waals surface area (Å²) in [4.78, 5) is 27.6. The molecule has 1 aliphatic rings. The van der Waals surface area contributed by atoms with E-state index in [1.54, 1.807) is 11.8 Å². The lowest BCUT2D eigenvalue weighted by Crippen LogP contribution is -2.44. The summed E-state index contributed by atoms with van der Waals surface area (Å²) in [5, 5.41) is 6.66. The molecule has 1 saturated heterocycles. The van der Waals surface area contributed by atoms with Gasteiger partial charge >= 0.3 is 0 Å². The Morgan fingerprint density at radius 3 is 2.77 bits per heavy atom. The maximum Gasteiger partial charge on any atom is 0.275 e. The number of amides is 1. The fraction of sp³-hybridized carbons (Fsp3) is 0.500. The summed E-state index contributed by atoms with van der Waals surface area (Å²) in [6.07, 6.45) is 1.42. The molecule has 3 heterocycles. The second-order valence-corrected chi connectivity index (χ2v) is 5.29. The molecule has 0 bridgehead atoms. The standard InChI is InChI=1S/C14H18N6O2/c1-8-9(2)18-12(10(3)17-8)14(21)20-4-5-22-6-11(20)13-15-7-16-19-13/h7,11H,4-6H2,1-3H3,(H,15,16,19). The normalized spacial score (nSPS) is 18.5. The number of morpholine rings is 1. The number of carbonyl (C=O) groups is 1. The fourth-order valence-electron chi connectivity index (χ4n) is 2.50. The van der Waals surface area contributed by atoms with Gasteiger partial charge < -0.3 is 9.64 Å². The van der Waals surface area contributed by atoms with Crippen LogP contribution in [0.5, 0.6) is 0 Å². The molecule has 1 unspecified atom stereocenters. The minimum absolute atomic E-state index is 0.155. The van der Waals surface area contributed by atoms with E-state index < -0.39 is 0 Å². The highest BCUT2D eigenvalue weighted by molar-refractivity contribution is 5.93. The number of hydrogen-bond donors (Lipinski definition) is 1. The van der Waals surface area contributed by atoms with Crippen molar-refractivity contribution in [3.63, 3.8) is 0 Å². The van der Waals surface area contributed by atoms with Crippen molar-refractivity contribution in [2.75, 3.05) is 19.8 Å². The first-order valence-corrected chi connectivity index (χ1v) is 7.13. The zero-order valence-corrected chi connectivity index (χ0v) is 12.8. The van der Waals surface area contributed by atoms with Gasteiger partial charge in [-0.1, -0.05) is 0 Å². The second-order valence-electron chi connectivity index (χ2n) is 5.29. The maximum atomic E-state index is 12.9. The van der Waals surface area contributed by atoms with Crippen LogP contribution in [0, 0.1) is 20.8 Å². The molecule has 0 saturated carbocycles. The lowest BCUT2D eigenvalue weighted by Gasteiger charge is -2.34. The SMILES string of the molecule is Cc1nc(C)c(C(=O)N2CCOCC2c2ncn[nH]2)nc1C. The van der Waals surface area contributed by atoms with Crippen LogP contribution < -0.4 is 0 Å². The Kier molecular flexibility index (Phi) is 3.84. The molecule has 1 aliphatic heterocycles. The van der Waals surface area contributed by atoms with Gasteiger partial charge in [0.15, 0.2) is 0 Å². The number of carbonyl (C=O) groups excluding carboxylic acids is 1. The van der Waals surface area contributed by atoms with Gasteiger partial charge in [-0.15, -0.1) is 0 Å². The molecule has 3 rings (SSSR count). The highest BCUT2D eigenvalue weighted by atomic mass is 16.5. The Bertz CT molecular complexity index is 685. The molecule has 0 radical (unpaired) electrons. The van der Waals surface area contributed by atoms with Gasteiger partial charge in [0.05, 0.1) is 30.3 Å². The van der Waals surface area contributed by atoms with E-state index in [9.17, 15) is 4.79 Å². The highest BCUT2D eigenvalue weighted by Crippen LogP contribution is 2.23. The molecule has 0 aliphatic carbocycles. The van der Waals surface area contributed by atoms with Gasteiger partial charge in [-0.3, -0.25) is 14.9 Å². The monoisotopic (exact) mass is 302 g/mol. The maximum absolute atomic E-state index is 12.9. The summed E-state index contributed by atoms with van der Waals surface area (Å²) in [6, 6.07) is -0.286. The van der Waals surface area contributed by atoms with Crippen LogP contribution in [0.1, 0.15) is 39.4 Å². The average Bonchev–Trinajstić information content (AvgIpc) is 3.04. The molecule has 22 heavy (non-hydrogen) atoms. The van der Waals surface area contributed by atoms with Gasteiger partial charge in [0.2, 0.25) is 0 Å². The topological polar surface area (TPSA) is 96.9 Å². The Labute approximate surface area is 127 Å². The number of rotatable bonds is 2. The third kappa shape index (κ3) is 2.57. The van der Waals surface area contributed by atoms with Crippen LogP contribution >= 0.6 is 0 Å². The van der Waals surface area contributed by atoms with Crippen molar-refractivity contribution in [3.8, 4) is 0 Å². The van der Waals surface area contributed by atoms with Crippen molar-refractivity contribution >= 4 is 5.91 Å². The number of aromatic nitrogens is 5. The van der Waals surface area contributed by atoms with Crippen LogP contribution in [0.4, 0.5) is 0 Å². The van der Waals surface area contributed by atoms with Crippen molar-refractivity contribution in [1.82, 2.24) is 30.0 Å². The molecule has 8 nitrogen and oxygen atoms in total. The number of nitrogens with one attached hydrogen (secondary N) is 1. The summed E-state index contributed by atoms with van der Waals surface area (Å²) < 4.78 is 5.48. The molecule has 1 atom stereocenters. The molecular weight excluding hydrogens is 284 g/mol. The van der Waals surface area contributed by atoms with Crippen molar-refractivity contribution in [1.29, 1.82) is 0 Å². The van der Waals surface area contributed by atoms with Gasteiger partial charge in [0.1, 0.15) is 23.9 Å². The molecule has 2 aromatic rings. The van der Waals surface area contributed by atoms with Crippen LogP contribution in [-0.4, -0.2) is 55.7 Å². The number of aryl methyl sites for hydroxylation is 3. The minimum atomic E-state index is -0.286. The number of H-pyrrole nitrogens is 1. The summed E-state index contributed by atoms with van der Waals surface area (Å²) in [5.41, 5.74) is 2.62. The zero-order chi connectivity index (χ0) is 15.7. The average molecular weight is 302 g/mol. The smallest absolute Gasteiger partial charge is 0.275 e. The third-order valence-corrected chi connectivity index (χ3v) is 3.82. The largest absolute Gasteiger partial charge is 0.377 e. The van der Waals surface area contributed by atoms with Crippen molar-refractivity contribution < 1.29 is 9.53 Å². The molecule has 2 aromatic heterocycles. The third-order valence-electron chi connectivity index (χ3n) is 3.82. The van der Waals surface area contributed by atoms with Crippen LogP contribution in [0.3, 0.4) is 0 Å². The Balaban J connectivity index is 1.94. The second kappa shape index (κ2) is 5.80. The van der Waals surface area contributed by atoms with Crippen LogP contribution in [0.15, 0.2) is 6.33 Å². The zero-order valence-electron chi connectivity index (χ0n) is 12.8. The first-order valence-electron chi connectivity index (χ1n) is 7.13. The van der Waals surface area contributed by atoms with Gasteiger partial charge in [-0.25, -0.2) is 9.97 Å². The summed E-state index contributed by atoms with van der Waals surface area (Å²) in [7, 11) is 0. The first kappa shape index (κ1) is 14.6. The summed E-state index contributed by atoms with van der Waals surface area (Å²) in [5.74, 6) is 0.459. The Morgan fingerprint density at radius 1 is 1.27 bits per heavy atom. The molecule has 1 fully saturated rings. The van der Waals surface area contributed by atoms with Gasteiger partial charge in [0.25, 0.3) is 5.91 Å². The lowest BCUT2D eigenvalue weighted by molar-refractivity contribution is -0.00551. The fourth-order valence-corrected chi connectivity index (χ4v) is 2.50. The minimum Gasteiger partial charge on any atom is -0.377 e. The summed E-state index contributed by atoms with van der Waals surface area (Å²) >= 11 is 0. The van der Waals surface area contributed by atoms with E-state index in [0.717, 1.165) is 11.4 Å². The van der Waals surface area contributed by atoms with E-state index in [1.165, 1.54) is 6.33 Å². The number of aromatic amines is 1. The first-order chi connectivity index (χ1) is 10.6. The van der Waals surface area contributed by atoms with Crippen LogP contribution in [0.2, 0.25) is 0 Å².